The third-order valence-corrected chi connectivity index (χ3v) is 3.68. The lowest BCUT2D eigenvalue weighted by atomic mass is 9.98. The maximum Gasteiger partial charge on any atom is 0.414 e. The number of benzene rings is 1. The van der Waals surface area contributed by atoms with Gasteiger partial charge in [0.2, 0.25) is 0 Å². The van der Waals surface area contributed by atoms with Gasteiger partial charge in [0, 0.05) is 12.2 Å². The molecule has 1 aromatic rings. The molecule has 2 aliphatic heterocycles. The predicted molar refractivity (Wildman–Crippen MR) is 66.7 cm³/mol. The number of amides is 1. The average molecular weight is 248 g/mol. The number of hydrogen-bond donors (Lipinski definition) is 2. The lowest BCUT2D eigenvalue weighted by Crippen LogP contribution is -2.40. The van der Waals surface area contributed by atoms with Crippen LogP contribution in [-0.2, 0) is 4.74 Å². The Balaban J connectivity index is 1.86. The fraction of sp³-hybridized carbons (Fsp3) is 0.462. The average Bonchev–Trinajstić information content (AvgIpc) is 2.99. The highest BCUT2D eigenvalue weighted by Gasteiger charge is 2.40. The minimum absolute atomic E-state index is 0.0945. The van der Waals surface area contributed by atoms with Gasteiger partial charge in [0.05, 0.1) is 6.04 Å². The highest BCUT2D eigenvalue weighted by Crippen LogP contribution is 2.30. The Hall–Kier alpha value is -1.75. The van der Waals surface area contributed by atoms with Gasteiger partial charge in [0.15, 0.2) is 0 Å². The number of anilines is 1. The van der Waals surface area contributed by atoms with Crippen molar-refractivity contribution >= 4 is 11.8 Å². The van der Waals surface area contributed by atoms with E-state index in [-0.39, 0.29) is 17.9 Å². The van der Waals surface area contributed by atoms with E-state index in [2.05, 4.69) is 5.32 Å². The molecule has 2 fully saturated rings. The smallest absolute Gasteiger partial charge is 0.414 e. The van der Waals surface area contributed by atoms with Gasteiger partial charge >= 0.3 is 6.09 Å². The summed E-state index contributed by atoms with van der Waals surface area (Å²) in [4.78, 5) is 13.6. The molecule has 0 aliphatic carbocycles. The summed E-state index contributed by atoms with van der Waals surface area (Å²) in [5, 5.41) is 12.6. The van der Waals surface area contributed by atoms with Gasteiger partial charge in [0.1, 0.15) is 12.4 Å². The molecule has 18 heavy (non-hydrogen) atoms. The number of ether oxygens (including phenoxy) is 1. The van der Waals surface area contributed by atoms with E-state index in [4.69, 9.17) is 4.74 Å². The lowest BCUT2D eigenvalue weighted by Gasteiger charge is -2.25. The Kier molecular flexibility index (Phi) is 2.83. The first kappa shape index (κ1) is 11.3. The van der Waals surface area contributed by atoms with E-state index >= 15 is 0 Å². The molecule has 2 atom stereocenters. The van der Waals surface area contributed by atoms with Gasteiger partial charge in [-0.2, -0.15) is 0 Å². The van der Waals surface area contributed by atoms with E-state index in [0.29, 0.717) is 12.5 Å². The lowest BCUT2D eigenvalue weighted by molar-refractivity contribution is 0.176. The van der Waals surface area contributed by atoms with Gasteiger partial charge in [-0.1, -0.05) is 0 Å². The first-order valence-electron chi connectivity index (χ1n) is 6.21. The number of carbonyl (C=O) groups is 1. The van der Waals surface area contributed by atoms with Crippen LogP contribution in [0.2, 0.25) is 0 Å². The third-order valence-electron chi connectivity index (χ3n) is 3.68. The SMILES string of the molecule is O=C1OCC(C2CCNC2)N1c1ccc(O)cc1. The fourth-order valence-electron chi connectivity index (χ4n) is 2.70. The number of hydrogen-bond acceptors (Lipinski definition) is 4. The van der Waals surface area contributed by atoms with E-state index in [1.54, 1.807) is 29.2 Å². The molecule has 0 aromatic heterocycles. The second-order valence-electron chi connectivity index (χ2n) is 4.78. The third kappa shape index (κ3) is 1.90. The van der Waals surface area contributed by atoms with E-state index in [9.17, 15) is 9.90 Å². The molecule has 2 N–H and O–H groups in total. The largest absolute Gasteiger partial charge is 0.508 e. The summed E-state index contributed by atoms with van der Waals surface area (Å²) < 4.78 is 5.17. The highest BCUT2D eigenvalue weighted by molar-refractivity contribution is 5.90. The Morgan fingerprint density at radius 3 is 2.78 bits per heavy atom. The topological polar surface area (TPSA) is 61.8 Å². The highest BCUT2D eigenvalue weighted by atomic mass is 16.6. The molecule has 1 aromatic carbocycles. The van der Waals surface area contributed by atoms with Crippen LogP contribution in [0.15, 0.2) is 24.3 Å². The molecule has 3 rings (SSSR count). The second-order valence-corrected chi connectivity index (χ2v) is 4.78. The molecule has 0 radical (unpaired) electrons. The Morgan fingerprint density at radius 1 is 1.33 bits per heavy atom. The van der Waals surface area contributed by atoms with Crippen LogP contribution in [-0.4, -0.2) is 36.9 Å². The van der Waals surface area contributed by atoms with Gasteiger partial charge < -0.3 is 15.2 Å². The molecule has 0 bridgehead atoms. The molecular formula is C13H16N2O3. The molecule has 0 saturated carbocycles. The summed E-state index contributed by atoms with van der Waals surface area (Å²) in [6, 6.07) is 6.77. The minimum Gasteiger partial charge on any atom is -0.508 e. The van der Waals surface area contributed by atoms with Crippen molar-refractivity contribution in [2.24, 2.45) is 5.92 Å². The maximum atomic E-state index is 11.8. The van der Waals surface area contributed by atoms with Gasteiger partial charge in [-0.15, -0.1) is 0 Å². The first-order valence-corrected chi connectivity index (χ1v) is 6.21. The van der Waals surface area contributed by atoms with Gasteiger partial charge in [-0.05, 0) is 43.1 Å². The standard InChI is InChI=1S/C13H16N2O3/c16-11-3-1-10(2-4-11)15-12(8-18-13(15)17)9-5-6-14-7-9/h1-4,9,12,14,16H,5-8H2. The van der Waals surface area contributed by atoms with Crippen molar-refractivity contribution in [3.63, 3.8) is 0 Å². The van der Waals surface area contributed by atoms with E-state index < -0.39 is 0 Å². The number of phenolic OH excluding ortho intramolecular Hbond substituents is 1. The van der Waals surface area contributed by atoms with Crippen LogP contribution in [0.3, 0.4) is 0 Å². The zero-order valence-electron chi connectivity index (χ0n) is 10.0. The Bertz CT molecular complexity index is 440. The Morgan fingerprint density at radius 2 is 2.11 bits per heavy atom. The van der Waals surface area contributed by atoms with Crippen LogP contribution in [0.25, 0.3) is 0 Å². The summed E-state index contributed by atoms with van der Waals surface area (Å²) in [6.45, 7) is 2.38. The predicted octanol–water partition coefficient (Wildman–Crippen LogP) is 1.33. The maximum absolute atomic E-state index is 11.8. The molecule has 2 saturated heterocycles. The number of aromatic hydroxyl groups is 1. The molecule has 1 amide bonds. The van der Waals surface area contributed by atoms with Crippen LogP contribution >= 0.6 is 0 Å². The summed E-state index contributed by atoms with van der Waals surface area (Å²) in [5.41, 5.74) is 0.784. The number of phenols is 1. The van der Waals surface area contributed by atoms with Crippen LogP contribution < -0.4 is 10.2 Å². The molecule has 5 nitrogen and oxygen atoms in total. The fourth-order valence-corrected chi connectivity index (χ4v) is 2.70. The van der Waals surface area contributed by atoms with Crippen LogP contribution in [0.4, 0.5) is 10.5 Å². The van der Waals surface area contributed by atoms with Crippen molar-refractivity contribution in [3.05, 3.63) is 24.3 Å². The van der Waals surface area contributed by atoms with Crippen molar-refractivity contribution in [3.8, 4) is 5.75 Å². The number of nitrogens with one attached hydrogen (secondary N) is 1. The van der Waals surface area contributed by atoms with E-state index in [0.717, 1.165) is 25.2 Å². The number of carbonyl (C=O) groups excluding carboxylic acids is 1. The van der Waals surface area contributed by atoms with Crippen molar-refractivity contribution in [1.82, 2.24) is 5.32 Å². The van der Waals surface area contributed by atoms with Crippen molar-refractivity contribution in [1.29, 1.82) is 0 Å². The van der Waals surface area contributed by atoms with Crippen LogP contribution in [0, 0.1) is 5.92 Å². The summed E-state index contributed by atoms with van der Waals surface area (Å²) in [7, 11) is 0. The van der Waals surface area contributed by atoms with Gasteiger partial charge in [-0.25, -0.2) is 4.79 Å². The van der Waals surface area contributed by atoms with E-state index in [1.807, 2.05) is 0 Å². The van der Waals surface area contributed by atoms with Gasteiger partial charge in [-0.3, -0.25) is 4.90 Å². The quantitative estimate of drug-likeness (QED) is 0.828. The molecule has 96 valence electrons. The summed E-state index contributed by atoms with van der Waals surface area (Å²) >= 11 is 0. The first-order chi connectivity index (χ1) is 8.75. The summed E-state index contributed by atoms with van der Waals surface area (Å²) in [5.74, 6) is 0.635. The van der Waals surface area contributed by atoms with Crippen molar-refractivity contribution in [2.45, 2.75) is 12.5 Å². The minimum atomic E-state index is -0.294. The molecule has 2 heterocycles. The summed E-state index contributed by atoms with van der Waals surface area (Å²) in [6.07, 6.45) is 0.771. The van der Waals surface area contributed by atoms with E-state index in [1.165, 1.54) is 0 Å². The van der Waals surface area contributed by atoms with Crippen LogP contribution in [0.1, 0.15) is 6.42 Å². The van der Waals surface area contributed by atoms with Gasteiger partial charge in [0.25, 0.3) is 0 Å². The second kappa shape index (κ2) is 4.49. The monoisotopic (exact) mass is 248 g/mol. The normalized spacial score (nSPS) is 27.6. The number of cyclic esters (lactones) is 1. The van der Waals surface area contributed by atoms with Crippen molar-refractivity contribution < 1.29 is 14.6 Å². The van der Waals surface area contributed by atoms with Crippen molar-refractivity contribution in [2.75, 3.05) is 24.6 Å². The molecule has 0 spiro atoms. The Labute approximate surface area is 105 Å². The zero-order chi connectivity index (χ0) is 12.5. The number of nitrogens with zero attached hydrogens (tertiary/aromatic N) is 1. The number of rotatable bonds is 2. The zero-order valence-corrected chi connectivity index (χ0v) is 10.0. The molecule has 5 heteroatoms. The molecule has 2 unspecified atom stereocenters. The molecule has 2 aliphatic rings. The molecular weight excluding hydrogens is 232 g/mol. The van der Waals surface area contributed by atoms with Crippen LogP contribution in [0.5, 0.6) is 5.75 Å².